The first-order chi connectivity index (χ1) is 10.3. The van der Waals surface area contributed by atoms with Crippen LogP contribution in [0.4, 0.5) is 0 Å². The first-order valence-electron chi connectivity index (χ1n) is 8.37. The highest BCUT2D eigenvalue weighted by Gasteiger charge is 2.33. The molecule has 3 saturated heterocycles. The summed E-state index contributed by atoms with van der Waals surface area (Å²) in [6, 6.07) is 9.87. The number of piperidine rings is 1. The second-order valence-corrected chi connectivity index (χ2v) is 7.52. The zero-order valence-electron chi connectivity index (χ0n) is 13.4. The molecule has 4 rings (SSSR count). The predicted octanol–water partition coefficient (Wildman–Crippen LogP) is 3.71. The van der Waals surface area contributed by atoms with Crippen molar-refractivity contribution in [2.24, 2.45) is 5.92 Å². The van der Waals surface area contributed by atoms with Gasteiger partial charge in [0, 0.05) is 37.1 Å². The van der Waals surface area contributed by atoms with E-state index in [4.69, 9.17) is 0 Å². The monoisotopic (exact) mass is 304 g/mol. The quantitative estimate of drug-likeness (QED) is 0.766. The lowest BCUT2D eigenvalue weighted by molar-refractivity contribution is 0.131. The fraction of sp³-hybridized carbons (Fsp3) is 0.667. The first-order valence-corrected chi connectivity index (χ1v) is 9.60. The van der Waals surface area contributed by atoms with Crippen LogP contribution in [0.3, 0.4) is 0 Å². The Kier molecular flexibility index (Phi) is 5.25. The summed E-state index contributed by atoms with van der Waals surface area (Å²) in [4.78, 5) is 6.85. The number of hydrogen-bond donors (Lipinski definition) is 0. The van der Waals surface area contributed by atoms with E-state index >= 15 is 0 Å². The third kappa shape index (κ3) is 3.82. The summed E-state index contributed by atoms with van der Waals surface area (Å²) in [5, 5.41) is 0. The fourth-order valence-corrected chi connectivity index (χ4v) is 4.48. The Morgan fingerprint density at radius 1 is 1.19 bits per heavy atom. The Morgan fingerprint density at radius 2 is 2.10 bits per heavy atom. The van der Waals surface area contributed by atoms with Crippen LogP contribution in [0.5, 0.6) is 0 Å². The number of benzene rings is 1. The van der Waals surface area contributed by atoms with Gasteiger partial charge in [-0.1, -0.05) is 19.1 Å². The van der Waals surface area contributed by atoms with Gasteiger partial charge in [-0.05, 0) is 55.7 Å². The summed E-state index contributed by atoms with van der Waals surface area (Å²) in [5.41, 5.74) is 1.48. The highest BCUT2D eigenvalue weighted by molar-refractivity contribution is 7.98. The lowest BCUT2D eigenvalue weighted by Gasteiger charge is -2.35. The predicted molar refractivity (Wildman–Crippen MR) is 91.9 cm³/mol. The Balaban J connectivity index is 1.66. The maximum Gasteiger partial charge on any atom is 0.0234 e. The van der Waals surface area contributed by atoms with Crippen molar-refractivity contribution in [1.29, 1.82) is 0 Å². The first kappa shape index (κ1) is 15.4. The van der Waals surface area contributed by atoms with Gasteiger partial charge >= 0.3 is 0 Å². The van der Waals surface area contributed by atoms with Crippen molar-refractivity contribution in [3.63, 3.8) is 0 Å². The lowest BCUT2D eigenvalue weighted by atomic mass is 9.95. The molecular formula is C18H28N2S. The molecule has 3 fully saturated rings. The van der Waals surface area contributed by atoms with Crippen LogP contribution in [-0.4, -0.2) is 48.3 Å². The van der Waals surface area contributed by atoms with E-state index in [0.29, 0.717) is 0 Å². The van der Waals surface area contributed by atoms with Crippen LogP contribution in [-0.2, 0) is 6.54 Å². The van der Waals surface area contributed by atoms with E-state index in [0.717, 1.165) is 18.5 Å². The molecule has 2 bridgehead atoms. The molecule has 0 N–H and O–H groups in total. The van der Waals surface area contributed by atoms with Gasteiger partial charge < -0.3 is 0 Å². The maximum atomic E-state index is 2.76. The molecule has 3 aliphatic rings. The summed E-state index contributed by atoms with van der Waals surface area (Å²) in [6.07, 6.45) is 6.30. The van der Waals surface area contributed by atoms with Crippen molar-refractivity contribution in [1.82, 2.24) is 9.80 Å². The van der Waals surface area contributed by atoms with Gasteiger partial charge in [-0.25, -0.2) is 0 Å². The molecular weight excluding hydrogens is 276 g/mol. The van der Waals surface area contributed by atoms with Gasteiger partial charge in [0.15, 0.2) is 0 Å². The minimum absolute atomic E-state index is 0.799. The Hall–Kier alpha value is -0.510. The molecule has 21 heavy (non-hydrogen) atoms. The number of thioether (sulfide) groups is 1. The fourth-order valence-electron chi connectivity index (χ4n) is 4.00. The highest BCUT2D eigenvalue weighted by Crippen LogP contribution is 2.29. The van der Waals surface area contributed by atoms with E-state index < -0.39 is 0 Å². The molecule has 2 atom stereocenters. The number of rotatable bonds is 5. The van der Waals surface area contributed by atoms with Gasteiger partial charge in [0.05, 0.1) is 0 Å². The topological polar surface area (TPSA) is 6.48 Å². The smallest absolute Gasteiger partial charge is 0.0234 e. The average Bonchev–Trinajstić information content (AvgIpc) is 2.78. The molecule has 1 aromatic carbocycles. The number of hydrogen-bond acceptors (Lipinski definition) is 3. The van der Waals surface area contributed by atoms with Crippen molar-refractivity contribution in [2.45, 2.75) is 43.7 Å². The molecule has 116 valence electrons. The summed E-state index contributed by atoms with van der Waals surface area (Å²) < 4.78 is 0. The molecule has 0 radical (unpaired) electrons. The lowest BCUT2D eigenvalue weighted by Crippen LogP contribution is -2.44. The summed E-state index contributed by atoms with van der Waals surface area (Å²) in [5.74, 6) is 0.888. The molecule has 3 aliphatic heterocycles. The maximum absolute atomic E-state index is 2.76. The van der Waals surface area contributed by atoms with Crippen LogP contribution < -0.4 is 0 Å². The zero-order chi connectivity index (χ0) is 14.7. The third-order valence-corrected chi connectivity index (χ3v) is 5.68. The molecule has 0 spiro atoms. The van der Waals surface area contributed by atoms with Gasteiger partial charge in [0.25, 0.3) is 0 Å². The van der Waals surface area contributed by atoms with Gasteiger partial charge in [-0.15, -0.1) is 11.8 Å². The second kappa shape index (κ2) is 7.17. The SMILES string of the molecule is CCCN1C[C@H]2CC[C@@H]1CN(Cc1cccc(SC)c1)C2. The standard InChI is InChI=1S/C18H28N2S/c1-3-9-20-13-16-7-8-17(20)14-19(12-16)11-15-5-4-6-18(10-15)21-2/h4-6,10,16-17H,3,7-9,11-14H2,1-2H3/t16-,17+/m0/s1. The van der Waals surface area contributed by atoms with E-state index in [9.17, 15) is 0 Å². The van der Waals surface area contributed by atoms with Crippen LogP contribution >= 0.6 is 11.8 Å². The summed E-state index contributed by atoms with van der Waals surface area (Å²) >= 11 is 1.84. The molecule has 1 aromatic rings. The molecule has 0 unspecified atom stereocenters. The van der Waals surface area contributed by atoms with Crippen molar-refractivity contribution >= 4 is 11.8 Å². The minimum Gasteiger partial charge on any atom is -0.299 e. The molecule has 0 aromatic heterocycles. The third-order valence-electron chi connectivity index (χ3n) is 4.95. The van der Waals surface area contributed by atoms with E-state index in [1.54, 1.807) is 0 Å². The van der Waals surface area contributed by atoms with Crippen molar-refractivity contribution in [2.75, 3.05) is 32.4 Å². The Labute approximate surface area is 133 Å². The average molecular weight is 305 g/mol. The molecule has 0 aliphatic carbocycles. The number of fused-ring (bicyclic) bond motifs is 4. The van der Waals surface area contributed by atoms with Crippen LogP contribution in [0, 0.1) is 5.92 Å². The number of nitrogens with zero attached hydrogens (tertiary/aromatic N) is 2. The molecule has 3 heterocycles. The molecule has 0 saturated carbocycles. The van der Waals surface area contributed by atoms with Crippen molar-refractivity contribution in [3.05, 3.63) is 29.8 Å². The van der Waals surface area contributed by atoms with Crippen LogP contribution in [0.25, 0.3) is 0 Å². The second-order valence-electron chi connectivity index (χ2n) is 6.64. The highest BCUT2D eigenvalue weighted by atomic mass is 32.2. The van der Waals surface area contributed by atoms with E-state index in [1.807, 2.05) is 11.8 Å². The van der Waals surface area contributed by atoms with Gasteiger partial charge in [-0.2, -0.15) is 0 Å². The Morgan fingerprint density at radius 3 is 2.90 bits per heavy atom. The van der Waals surface area contributed by atoms with E-state index in [-0.39, 0.29) is 0 Å². The molecule has 3 heteroatoms. The minimum atomic E-state index is 0.799. The normalized spacial score (nSPS) is 27.0. The van der Waals surface area contributed by atoms with Crippen LogP contribution in [0.1, 0.15) is 31.7 Å². The van der Waals surface area contributed by atoms with Crippen LogP contribution in [0.15, 0.2) is 29.2 Å². The van der Waals surface area contributed by atoms with Crippen molar-refractivity contribution in [3.8, 4) is 0 Å². The van der Waals surface area contributed by atoms with Gasteiger partial charge in [-0.3, -0.25) is 9.80 Å². The summed E-state index contributed by atoms with van der Waals surface area (Å²) in [6.45, 7) is 8.61. The van der Waals surface area contributed by atoms with Gasteiger partial charge in [0.1, 0.15) is 0 Å². The van der Waals surface area contributed by atoms with Gasteiger partial charge in [0.2, 0.25) is 0 Å². The summed E-state index contributed by atoms with van der Waals surface area (Å²) in [7, 11) is 0. The van der Waals surface area contributed by atoms with Crippen LogP contribution in [0.2, 0.25) is 0 Å². The molecule has 0 amide bonds. The van der Waals surface area contributed by atoms with Crippen molar-refractivity contribution < 1.29 is 0 Å². The Bertz CT molecular complexity index is 462. The largest absolute Gasteiger partial charge is 0.299 e. The van der Waals surface area contributed by atoms with E-state index in [2.05, 4.69) is 47.2 Å². The molecule has 2 nitrogen and oxygen atoms in total. The van der Waals surface area contributed by atoms with E-state index in [1.165, 1.54) is 55.9 Å². The zero-order valence-corrected chi connectivity index (χ0v) is 14.2.